The first kappa shape index (κ1) is 30.7. The number of hydrogen-bond donors (Lipinski definition) is 1. The summed E-state index contributed by atoms with van der Waals surface area (Å²) in [4.78, 5) is 17.5. The van der Waals surface area contributed by atoms with Crippen LogP contribution >= 0.6 is 0 Å². The van der Waals surface area contributed by atoms with Crippen molar-refractivity contribution in [3.8, 4) is 17.6 Å². The Kier molecular flexibility index (Phi) is 11.3. The number of carbonyl (C=O) groups is 1. The number of piperidine rings is 1. The average Bonchev–Trinajstić information content (AvgIpc) is 3.27. The first-order valence-corrected chi connectivity index (χ1v) is 15.4. The molecule has 7 nitrogen and oxygen atoms in total. The summed E-state index contributed by atoms with van der Waals surface area (Å²) in [7, 11) is 5.33. The molecule has 1 N–H and O–H groups in total. The molecule has 2 bridgehead atoms. The molecular formula is C34H48N4O3. The highest BCUT2D eigenvalue weighted by Crippen LogP contribution is 2.40. The molecule has 1 heterocycles. The minimum absolute atomic E-state index is 0.0945. The van der Waals surface area contributed by atoms with Gasteiger partial charge in [-0.05, 0) is 85.9 Å². The van der Waals surface area contributed by atoms with Crippen LogP contribution in [-0.2, 0) is 0 Å². The van der Waals surface area contributed by atoms with Crippen LogP contribution in [0.2, 0.25) is 0 Å². The second-order valence-corrected chi connectivity index (χ2v) is 11.8. The van der Waals surface area contributed by atoms with E-state index in [4.69, 9.17) is 9.47 Å². The molecule has 222 valence electrons. The van der Waals surface area contributed by atoms with E-state index in [0.29, 0.717) is 23.4 Å². The predicted octanol–water partition coefficient (Wildman–Crippen LogP) is 6.42. The van der Waals surface area contributed by atoms with Crippen LogP contribution in [0.4, 0.5) is 4.79 Å². The van der Waals surface area contributed by atoms with Crippen molar-refractivity contribution < 1.29 is 14.3 Å². The predicted molar refractivity (Wildman–Crippen MR) is 164 cm³/mol. The molecule has 1 saturated heterocycles. The number of nitriles is 1. The van der Waals surface area contributed by atoms with Crippen LogP contribution < -0.4 is 14.8 Å². The van der Waals surface area contributed by atoms with Gasteiger partial charge in [0.05, 0.1) is 25.9 Å². The van der Waals surface area contributed by atoms with Crippen molar-refractivity contribution in [3.63, 3.8) is 0 Å². The molecular weight excluding hydrogens is 512 g/mol. The van der Waals surface area contributed by atoms with Crippen molar-refractivity contribution in [2.75, 3.05) is 47.4 Å². The van der Waals surface area contributed by atoms with Crippen molar-refractivity contribution in [2.24, 2.45) is 11.8 Å². The van der Waals surface area contributed by atoms with Gasteiger partial charge in [0, 0.05) is 38.6 Å². The molecule has 1 saturated carbocycles. The topological polar surface area (TPSA) is 77.8 Å². The Bertz CT molecular complexity index is 1150. The summed E-state index contributed by atoms with van der Waals surface area (Å²) in [5, 5.41) is 12.4. The Balaban J connectivity index is 1.35. The van der Waals surface area contributed by atoms with Gasteiger partial charge in [0.1, 0.15) is 0 Å². The monoisotopic (exact) mass is 560 g/mol. The highest BCUT2D eigenvalue weighted by atomic mass is 16.5. The molecule has 1 aliphatic heterocycles. The third-order valence-corrected chi connectivity index (χ3v) is 9.15. The largest absolute Gasteiger partial charge is 0.493 e. The van der Waals surface area contributed by atoms with Crippen LogP contribution in [0.25, 0.3) is 0 Å². The molecule has 0 aromatic heterocycles. The lowest BCUT2D eigenvalue weighted by Gasteiger charge is -2.42. The Morgan fingerprint density at radius 3 is 2.32 bits per heavy atom. The Hall–Kier alpha value is -3.24. The quantitative estimate of drug-likeness (QED) is 0.270. The summed E-state index contributed by atoms with van der Waals surface area (Å²) >= 11 is 0. The van der Waals surface area contributed by atoms with Crippen molar-refractivity contribution in [3.05, 3.63) is 59.2 Å². The highest BCUT2D eigenvalue weighted by molar-refractivity contribution is 5.74. The zero-order valence-corrected chi connectivity index (χ0v) is 25.4. The van der Waals surface area contributed by atoms with E-state index in [1.807, 2.05) is 30.1 Å². The Labute approximate surface area is 246 Å². The summed E-state index contributed by atoms with van der Waals surface area (Å²) < 4.78 is 11.1. The molecule has 1 aliphatic carbocycles. The molecule has 3 atom stereocenters. The van der Waals surface area contributed by atoms with Crippen molar-refractivity contribution in [1.82, 2.24) is 15.1 Å². The number of amides is 2. The van der Waals surface area contributed by atoms with Gasteiger partial charge in [-0.3, -0.25) is 0 Å². The van der Waals surface area contributed by atoms with E-state index in [-0.39, 0.29) is 11.9 Å². The molecule has 4 rings (SSSR count). The van der Waals surface area contributed by atoms with E-state index in [1.54, 1.807) is 14.2 Å². The number of benzene rings is 2. The van der Waals surface area contributed by atoms with Gasteiger partial charge >= 0.3 is 6.03 Å². The second-order valence-electron chi connectivity index (χ2n) is 11.8. The molecule has 2 fully saturated rings. The lowest BCUT2D eigenvalue weighted by atomic mass is 9.86. The maximum atomic E-state index is 12.9. The number of likely N-dealkylation sites (tertiary alicyclic amines) is 1. The average molecular weight is 561 g/mol. The van der Waals surface area contributed by atoms with E-state index in [9.17, 15) is 10.1 Å². The Morgan fingerprint density at radius 2 is 1.68 bits per heavy atom. The molecule has 2 aromatic rings. The van der Waals surface area contributed by atoms with Crippen LogP contribution in [0.1, 0.15) is 80.9 Å². The third-order valence-electron chi connectivity index (χ3n) is 9.15. The summed E-state index contributed by atoms with van der Waals surface area (Å²) in [6.07, 6.45) is 9.17. The smallest absolute Gasteiger partial charge is 0.317 e. The molecule has 0 radical (unpaired) electrons. The lowest BCUT2D eigenvalue weighted by molar-refractivity contribution is 0.0756. The summed E-state index contributed by atoms with van der Waals surface area (Å²) in [5.41, 5.74) is 3.07. The maximum Gasteiger partial charge on any atom is 0.317 e. The van der Waals surface area contributed by atoms with E-state index in [1.165, 1.54) is 43.2 Å². The Morgan fingerprint density at radius 1 is 1.00 bits per heavy atom. The van der Waals surface area contributed by atoms with Gasteiger partial charge < -0.3 is 24.6 Å². The first-order chi connectivity index (χ1) is 20.0. The third kappa shape index (κ3) is 7.74. The standard InChI is InChI=1S/C34H48N4O3/c1-5-6-7-8-19-36-34(39)37(2)33-28-15-16-29(33)24-38(23-28)20-9-10-30(26-13-11-25(22-35)12-14-26)27-17-18-31(40-3)32(21-27)41-4/h11-14,17-18,21,28-30,33H,5-10,15-16,19-20,23-24H2,1-4H3,(H,36,39). The number of carbonyl (C=O) groups excluding carboxylic acids is 1. The number of ether oxygens (including phenoxy) is 2. The highest BCUT2D eigenvalue weighted by Gasteiger charge is 2.45. The molecule has 7 heteroatoms. The molecule has 2 amide bonds. The van der Waals surface area contributed by atoms with Crippen molar-refractivity contribution in [1.29, 1.82) is 5.26 Å². The molecule has 3 unspecified atom stereocenters. The first-order valence-electron chi connectivity index (χ1n) is 15.4. The van der Waals surface area contributed by atoms with E-state index in [2.05, 4.69) is 47.5 Å². The number of urea groups is 1. The van der Waals surface area contributed by atoms with Crippen LogP contribution in [0, 0.1) is 23.2 Å². The molecule has 2 aliphatic rings. The van der Waals surface area contributed by atoms with Gasteiger partial charge in [-0.2, -0.15) is 5.26 Å². The minimum atomic E-state index is 0.0945. The molecule has 41 heavy (non-hydrogen) atoms. The summed E-state index contributed by atoms with van der Waals surface area (Å²) in [6.45, 7) is 6.16. The van der Waals surface area contributed by atoms with Gasteiger partial charge in [-0.15, -0.1) is 0 Å². The zero-order valence-electron chi connectivity index (χ0n) is 25.4. The normalized spacial score (nSPS) is 20.7. The van der Waals surface area contributed by atoms with Gasteiger partial charge in [0.25, 0.3) is 0 Å². The summed E-state index contributed by atoms with van der Waals surface area (Å²) in [6, 6.07) is 16.8. The second kappa shape index (κ2) is 15.1. The number of hydrogen-bond acceptors (Lipinski definition) is 5. The van der Waals surface area contributed by atoms with Gasteiger partial charge in [0.2, 0.25) is 0 Å². The molecule has 2 aromatic carbocycles. The number of rotatable bonds is 14. The number of nitrogens with one attached hydrogen (secondary N) is 1. The number of unbranched alkanes of at least 4 members (excludes halogenated alkanes) is 3. The maximum absolute atomic E-state index is 12.9. The van der Waals surface area contributed by atoms with Gasteiger partial charge in [-0.1, -0.05) is 44.4 Å². The van der Waals surface area contributed by atoms with E-state index in [0.717, 1.165) is 56.9 Å². The minimum Gasteiger partial charge on any atom is -0.493 e. The van der Waals surface area contributed by atoms with Crippen LogP contribution in [0.3, 0.4) is 0 Å². The number of nitrogens with zero attached hydrogens (tertiary/aromatic N) is 3. The van der Waals surface area contributed by atoms with Crippen molar-refractivity contribution in [2.45, 2.75) is 70.3 Å². The fourth-order valence-corrected chi connectivity index (χ4v) is 7.02. The number of fused-ring (bicyclic) bond motifs is 2. The summed E-state index contributed by atoms with van der Waals surface area (Å²) in [5.74, 6) is 2.75. The van der Waals surface area contributed by atoms with E-state index >= 15 is 0 Å². The van der Waals surface area contributed by atoms with Gasteiger partial charge in [0.15, 0.2) is 11.5 Å². The molecule has 0 spiro atoms. The number of methoxy groups -OCH3 is 2. The van der Waals surface area contributed by atoms with Crippen LogP contribution in [0.15, 0.2) is 42.5 Å². The van der Waals surface area contributed by atoms with Crippen LogP contribution in [-0.4, -0.2) is 69.3 Å². The van der Waals surface area contributed by atoms with Crippen LogP contribution in [0.5, 0.6) is 11.5 Å². The fourth-order valence-electron chi connectivity index (χ4n) is 7.02. The zero-order chi connectivity index (χ0) is 29.2. The SMILES string of the molecule is CCCCCCNC(=O)N(C)C1C2CCC1CN(CCCC(c1ccc(C#N)cc1)c1ccc(OC)c(OC)c1)C2. The fraction of sp³-hybridized carbons (Fsp3) is 0.588. The van der Waals surface area contributed by atoms with Crippen molar-refractivity contribution >= 4 is 6.03 Å². The van der Waals surface area contributed by atoms with E-state index < -0.39 is 0 Å². The van der Waals surface area contributed by atoms with Gasteiger partial charge in [-0.25, -0.2) is 4.79 Å². The lowest BCUT2D eigenvalue weighted by Crippen LogP contribution is -2.55.